The van der Waals surface area contributed by atoms with Crippen molar-refractivity contribution in [2.45, 2.75) is 32.0 Å². The lowest BCUT2D eigenvalue weighted by molar-refractivity contribution is 0.251. The molecule has 1 aliphatic rings. The van der Waals surface area contributed by atoms with Crippen molar-refractivity contribution in [2.75, 3.05) is 6.61 Å². The summed E-state index contributed by atoms with van der Waals surface area (Å²) < 4.78 is 21.2. The van der Waals surface area contributed by atoms with Gasteiger partial charge >= 0.3 is 0 Å². The topological polar surface area (TPSA) is 79.1 Å². The smallest absolute Gasteiger partial charge is 0.166 e. The van der Waals surface area contributed by atoms with Crippen molar-refractivity contribution in [3.8, 4) is 5.75 Å². The van der Waals surface area contributed by atoms with Gasteiger partial charge in [0, 0.05) is 23.0 Å². The number of rotatable bonds is 2. The Morgan fingerprint density at radius 3 is 3.16 bits per heavy atom. The van der Waals surface area contributed by atoms with Crippen molar-refractivity contribution in [3.05, 3.63) is 23.6 Å². The zero-order valence-corrected chi connectivity index (χ0v) is 10.8. The van der Waals surface area contributed by atoms with Gasteiger partial charge in [-0.15, -0.1) is 0 Å². The molecule has 0 radical (unpaired) electrons. The summed E-state index contributed by atoms with van der Waals surface area (Å²) in [6, 6.07) is 1.31. The molecule has 0 unspecified atom stereocenters. The lowest BCUT2D eigenvalue weighted by Gasteiger charge is -2.24. The van der Waals surface area contributed by atoms with Crippen LogP contribution in [-0.2, 0) is 13.0 Å². The van der Waals surface area contributed by atoms with Crippen molar-refractivity contribution in [2.24, 2.45) is 11.5 Å². The van der Waals surface area contributed by atoms with Crippen LogP contribution < -0.4 is 16.2 Å². The van der Waals surface area contributed by atoms with Crippen LogP contribution in [0.5, 0.6) is 5.75 Å². The molecule has 5 nitrogen and oxygen atoms in total. The largest absolute Gasteiger partial charge is 0.489 e. The molecule has 2 atom stereocenters. The van der Waals surface area contributed by atoms with Gasteiger partial charge in [-0.2, -0.15) is 5.10 Å². The first-order valence-corrected chi connectivity index (χ1v) is 6.37. The molecule has 0 saturated heterocycles. The molecule has 0 spiro atoms. The zero-order chi connectivity index (χ0) is 13.6. The number of fused-ring (bicyclic) bond motifs is 3. The molecule has 0 bridgehead atoms. The Hall–Kier alpha value is -1.66. The molecular formula is C13H17FN4O. The first-order valence-electron chi connectivity index (χ1n) is 6.37. The molecule has 2 heterocycles. The number of ether oxygens (including phenoxy) is 1. The van der Waals surface area contributed by atoms with E-state index in [2.05, 4.69) is 5.10 Å². The molecule has 0 amide bonds. The Kier molecular flexibility index (Phi) is 2.91. The third kappa shape index (κ3) is 2.06. The van der Waals surface area contributed by atoms with Gasteiger partial charge in [0.25, 0.3) is 0 Å². The summed E-state index contributed by atoms with van der Waals surface area (Å²) in [6.45, 7) is 2.83. The summed E-state index contributed by atoms with van der Waals surface area (Å²) in [5.41, 5.74) is 13.4. The van der Waals surface area contributed by atoms with Crippen LogP contribution in [0, 0.1) is 5.82 Å². The Balaban J connectivity index is 2.21. The summed E-state index contributed by atoms with van der Waals surface area (Å²) >= 11 is 0. The number of nitrogens with two attached hydrogens (primary N) is 2. The predicted octanol–water partition coefficient (Wildman–Crippen LogP) is 0.785. The number of hydrogen-bond acceptors (Lipinski definition) is 4. The number of halogens is 1. The van der Waals surface area contributed by atoms with E-state index in [9.17, 15) is 4.39 Å². The highest BCUT2D eigenvalue weighted by Gasteiger charge is 2.25. The fourth-order valence-electron chi connectivity index (χ4n) is 2.56. The van der Waals surface area contributed by atoms with E-state index in [-0.39, 0.29) is 17.9 Å². The maximum Gasteiger partial charge on any atom is 0.166 e. The molecule has 6 heteroatoms. The van der Waals surface area contributed by atoms with Crippen LogP contribution in [0.2, 0.25) is 0 Å². The molecule has 0 aliphatic carbocycles. The first kappa shape index (κ1) is 12.4. The molecular weight excluding hydrogens is 247 g/mol. The van der Waals surface area contributed by atoms with Gasteiger partial charge in [-0.25, -0.2) is 4.39 Å². The Morgan fingerprint density at radius 1 is 1.63 bits per heavy atom. The molecule has 19 heavy (non-hydrogen) atoms. The summed E-state index contributed by atoms with van der Waals surface area (Å²) in [4.78, 5) is 0. The molecule has 1 aromatic heterocycles. The zero-order valence-electron chi connectivity index (χ0n) is 10.8. The van der Waals surface area contributed by atoms with Gasteiger partial charge in [0.05, 0.1) is 18.3 Å². The van der Waals surface area contributed by atoms with E-state index in [0.717, 1.165) is 16.5 Å². The lowest BCUT2D eigenvalue weighted by Crippen LogP contribution is -2.34. The van der Waals surface area contributed by atoms with E-state index in [1.807, 2.05) is 6.92 Å². The van der Waals surface area contributed by atoms with Crippen LogP contribution >= 0.6 is 0 Å². The molecule has 3 rings (SSSR count). The minimum absolute atomic E-state index is 0.0259. The number of aromatic nitrogens is 2. The SMILES string of the molecule is C[C@H](N)Cn1ncc2cc(F)c3c(c21)C[C@@H](N)CO3. The number of benzene rings is 1. The van der Waals surface area contributed by atoms with Crippen LogP contribution in [0.1, 0.15) is 12.5 Å². The molecule has 1 aromatic carbocycles. The second kappa shape index (κ2) is 4.47. The molecule has 102 valence electrons. The quantitative estimate of drug-likeness (QED) is 0.840. The highest BCUT2D eigenvalue weighted by atomic mass is 19.1. The van der Waals surface area contributed by atoms with Crippen LogP contribution in [-0.4, -0.2) is 28.5 Å². The maximum atomic E-state index is 14.0. The molecule has 1 aliphatic heterocycles. The van der Waals surface area contributed by atoms with Gasteiger partial charge in [0.1, 0.15) is 6.61 Å². The monoisotopic (exact) mass is 264 g/mol. The predicted molar refractivity (Wildman–Crippen MR) is 70.5 cm³/mol. The van der Waals surface area contributed by atoms with E-state index in [1.54, 1.807) is 10.9 Å². The molecule has 4 N–H and O–H groups in total. The average molecular weight is 264 g/mol. The summed E-state index contributed by atoms with van der Waals surface area (Å²) in [5, 5.41) is 5.04. The van der Waals surface area contributed by atoms with Gasteiger partial charge in [0.15, 0.2) is 11.6 Å². The van der Waals surface area contributed by atoms with Gasteiger partial charge in [-0.1, -0.05) is 0 Å². The van der Waals surface area contributed by atoms with Gasteiger partial charge in [-0.05, 0) is 19.4 Å². The van der Waals surface area contributed by atoms with Crippen LogP contribution in [0.3, 0.4) is 0 Å². The van der Waals surface area contributed by atoms with Crippen molar-refractivity contribution in [3.63, 3.8) is 0 Å². The third-order valence-corrected chi connectivity index (χ3v) is 3.30. The Bertz CT molecular complexity index is 623. The van der Waals surface area contributed by atoms with Crippen LogP contribution in [0.25, 0.3) is 10.9 Å². The standard InChI is InChI=1S/C13H17FN4O/c1-7(15)5-18-12-8(4-17-18)2-11(14)13-10(12)3-9(16)6-19-13/h2,4,7,9H,3,5-6,15-16H2,1H3/t7-,9+/m0/s1. The second-order valence-electron chi connectivity index (χ2n) is 5.18. The van der Waals surface area contributed by atoms with Crippen molar-refractivity contribution < 1.29 is 9.13 Å². The molecule has 0 saturated carbocycles. The van der Waals surface area contributed by atoms with Gasteiger partial charge in [0.2, 0.25) is 0 Å². The highest BCUT2D eigenvalue weighted by Crippen LogP contribution is 2.34. The summed E-state index contributed by atoms with van der Waals surface area (Å²) in [7, 11) is 0. The summed E-state index contributed by atoms with van der Waals surface area (Å²) in [5.74, 6) is -0.0460. The third-order valence-electron chi connectivity index (χ3n) is 3.30. The van der Waals surface area contributed by atoms with E-state index >= 15 is 0 Å². The highest BCUT2D eigenvalue weighted by molar-refractivity contribution is 5.85. The van der Waals surface area contributed by atoms with Crippen LogP contribution in [0.4, 0.5) is 4.39 Å². The maximum absolute atomic E-state index is 14.0. The molecule has 0 fully saturated rings. The Morgan fingerprint density at radius 2 is 2.42 bits per heavy atom. The fraction of sp³-hybridized carbons (Fsp3) is 0.462. The first-order chi connectivity index (χ1) is 9.06. The van der Waals surface area contributed by atoms with Gasteiger partial charge in [-0.3, -0.25) is 4.68 Å². The number of hydrogen-bond donors (Lipinski definition) is 2. The van der Waals surface area contributed by atoms with E-state index in [1.165, 1.54) is 6.07 Å². The second-order valence-corrected chi connectivity index (χ2v) is 5.18. The summed E-state index contributed by atoms with van der Waals surface area (Å²) in [6.07, 6.45) is 2.25. The Labute approximate surface area is 110 Å². The van der Waals surface area contributed by atoms with E-state index in [4.69, 9.17) is 16.2 Å². The fourth-order valence-corrected chi connectivity index (χ4v) is 2.56. The average Bonchev–Trinajstić information content (AvgIpc) is 2.71. The van der Waals surface area contributed by atoms with E-state index in [0.29, 0.717) is 25.3 Å². The normalized spacial score (nSPS) is 20.1. The minimum Gasteiger partial charge on any atom is -0.489 e. The van der Waals surface area contributed by atoms with Gasteiger partial charge < -0.3 is 16.2 Å². The van der Waals surface area contributed by atoms with Crippen molar-refractivity contribution in [1.29, 1.82) is 0 Å². The van der Waals surface area contributed by atoms with Crippen molar-refractivity contribution in [1.82, 2.24) is 9.78 Å². The lowest BCUT2D eigenvalue weighted by atomic mass is 10.00. The number of nitrogens with zero attached hydrogens (tertiary/aromatic N) is 2. The van der Waals surface area contributed by atoms with Crippen molar-refractivity contribution >= 4 is 10.9 Å². The minimum atomic E-state index is -0.352. The van der Waals surface area contributed by atoms with E-state index < -0.39 is 0 Å². The van der Waals surface area contributed by atoms with Crippen LogP contribution in [0.15, 0.2) is 12.3 Å². The molecule has 2 aromatic rings.